The minimum atomic E-state index is 0. The maximum Gasteiger partial charge on any atom is 0 e. The van der Waals surface area contributed by atoms with Crippen molar-refractivity contribution in [1.82, 2.24) is 9.89 Å². The molecular formula is H2Cl2CrN2Pt. The van der Waals surface area contributed by atoms with Gasteiger partial charge in [0.15, 0.2) is 0 Å². The van der Waals surface area contributed by atoms with Gasteiger partial charge in [-0.1, -0.05) is 0 Å². The van der Waals surface area contributed by atoms with Crippen LogP contribution in [0.1, 0.15) is 0 Å². The van der Waals surface area contributed by atoms with Gasteiger partial charge in [0.1, 0.15) is 0 Å². The van der Waals surface area contributed by atoms with Gasteiger partial charge < -0.3 is 0 Å². The number of halogens is 2. The van der Waals surface area contributed by atoms with E-state index >= 15 is 0 Å². The molecule has 2 N–H and O–H groups in total. The van der Waals surface area contributed by atoms with Crippen LogP contribution in [-0.2, 0) is 38.4 Å². The topological polar surface area (TPSA) is 24.1 Å². The standard InChI is InChI=1S/Cl2H2N2.Cr.Pt/c1-3-4-2;;/h3-4H;;. The molecule has 0 atom stereocenters. The van der Waals surface area contributed by atoms with E-state index in [2.05, 4.69) is 0 Å². The van der Waals surface area contributed by atoms with Crippen molar-refractivity contribution in [3.05, 3.63) is 0 Å². The smallest absolute Gasteiger partial charge is 0 e. The first-order valence-corrected chi connectivity index (χ1v) is 1.38. The Hall–Kier alpha value is 1.72. The summed E-state index contributed by atoms with van der Waals surface area (Å²) in [5, 5.41) is 0. The Bertz CT molecular complexity index is 13.5. The summed E-state index contributed by atoms with van der Waals surface area (Å²) in [7, 11) is 0. The van der Waals surface area contributed by atoms with E-state index in [4.69, 9.17) is 23.6 Å². The van der Waals surface area contributed by atoms with Crippen LogP contribution in [0.4, 0.5) is 0 Å². The van der Waals surface area contributed by atoms with E-state index < -0.39 is 0 Å². The molecule has 0 aliphatic heterocycles. The minimum Gasteiger partial charge on any atom is -0.155 e. The van der Waals surface area contributed by atoms with Gasteiger partial charge in [-0.3, -0.25) is 0 Å². The molecular weight excluding hydrogens is 346 g/mol. The fourth-order valence-corrected chi connectivity index (χ4v) is 0. The Labute approximate surface area is 71.5 Å². The van der Waals surface area contributed by atoms with Crippen LogP contribution in [0.5, 0.6) is 0 Å². The van der Waals surface area contributed by atoms with Crippen LogP contribution in [0.15, 0.2) is 0 Å². The van der Waals surface area contributed by atoms with Crippen molar-refractivity contribution in [2.75, 3.05) is 0 Å². The summed E-state index contributed by atoms with van der Waals surface area (Å²) in [6, 6.07) is 0. The van der Waals surface area contributed by atoms with Crippen molar-refractivity contribution in [3.8, 4) is 0 Å². The van der Waals surface area contributed by atoms with Crippen molar-refractivity contribution in [2.45, 2.75) is 0 Å². The van der Waals surface area contributed by atoms with Gasteiger partial charge in [-0.15, -0.1) is 0 Å². The van der Waals surface area contributed by atoms with Crippen LogP contribution >= 0.6 is 23.6 Å². The van der Waals surface area contributed by atoms with Crippen LogP contribution in [0.3, 0.4) is 0 Å². The van der Waals surface area contributed by atoms with Crippen LogP contribution in [-0.4, -0.2) is 0 Å². The van der Waals surface area contributed by atoms with Crippen LogP contribution < -0.4 is 9.89 Å². The average Bonchev–Trinajstić information content (AvgIpc) is 1.37. The summed E-state index contributed by atoms with van der Waals surface area (Å²) in [6.07, 6.45) is 0. The summed E-state index contributed by atoms with van der Waals surface area (Å²) in [6.45, 7) is 0. The molecule has 0 radical (unpaired) electrons. The Morgan fingerprint density at radius 3 is 1.17 bits per heavy atom. The van der Waals surface area contributed by atoms with Gasteiger partial charge in [-0.2, -0.15) is 9.89 Å². The second-order valence-corrected chi connectivity index (χ2v) is 0.567. The van der Waals surface area contributed by atoms with E-state index in [1.165, 1.54) is 0 Å². The van der Waals surface area contributed by atoms with Crippen molar-refractivity contribution in [3.63, 3.8) is 0 Å². The molecule has 0 fully saturated rings. The quantitative estimate of drug-likeness (QED) is 0.529. The summed E-state index contributed by atoms with van der Waals surface area (Å²) >= 11 is 9.39. The number of hydrazine groups is 1. The third kappa shape index (κ3) is 17.2. The molecule has 0 saturated carbocycles. The van der Waals surface area contributed by atoms with E-state index in [1.54, 1.807) is 0 Å². The maximum absolute atomic E-state index is 4.69. The van der Waals surface area contributed by atoms with Crippen molar-refractivity contribution in [1.29, 1.82) is 0 Å². The van der Waals surface area contributed by atoms with Gasteiger partial charge in [-0.25, -0.2) is 0 Å². The number of rotatable bonds is 1. The molecule has 6 heavy (non-hydrogen) atoms. The first kappa shape index (κ1) is 15.6. The summed E-state index contributed by atoms with van der Waals surface area (Å²) < 4.78 is 0. The molecule has 0 rings (SSSR count). The molecule has 0 aliphatic rings. The SMILES string of the molecule is ClNNCl.[Cr].[Pt]. The molecule has 0 bridgehead atoms. The van der Waals surface area contributed by atoms with Gasteiger partial charge in [0.25, 0.3) is 0 Å². The molecule has 0 aliphatic carbocycles. The Morgan fingerprint density at radius 2 is 1.17 bits per heavy atom. The fourth-order valence-electron chi connectivity index (χ4n) is 0. The van der Waals surface area contributed by atoms with Crippen molar-refractivity contribution >= 4 is 23.6 Å². The van der Waals surface area contributed by atoms with Crippen LogP contribution in [0, 0.1) is 0 Å². The zero-order valence-corrected chi connectivity index (χ0v) is 7.54. The molecule has 0 aromatic heterocycles. The molecule has 0 amide bonds. The minimum absolute atomic E-state index is 0. The zero-order valence-electron chi connectivity index (χ0n) is 2.48. The Morgan fingerprint density at radius 1 is 1.00 bits per heavy atom. The Kier molecular flexibility index (Phi) is 41.4. The molecule has 6 heteroatoms. The number of nitrogens with one attached hydrogen (secondary N) is 2. The number of hydrogen-bond acceptors (Lipinski definition) is 2. The molecule has 0 saturated heterocycles. The molecule has 42 valence electrons. The first-order chi connectivity index (χ1) is 1.91. The largest absolute Gasteiger partial charge is 0.155 e. The van der Waals surface area contributed by atoms with Crippen molar-refractivity contribution < 1.29 is 38.4 Å². The first-order valence-electron chi connectivity index (χ1n) is 0.628. The van der Waals surface area contributed by atoms with E-state index in [0.717, 1.165) is 0 Å². The molecule has 0 spiro atoms. The normalized spacial score (nSPS) is 5.00. The molecule has 0 aromatic rings. The van der Waals surface area contributed by atoms with Gasteiger partial charge in [0.2, 0.25) is 0 Å². The van der Waals surface area contributed by atoms with E-state index in [-0.39, 0.29) is 38.4 Å². The molecule has 0 unspecified atom stereocenters. The monoisotopic (exact) mass is 347 g/mol. The van der Waals surface area contributed by atoms with Gasteiger partial charge in [-0.05, 0) is 23.6 Å². The zero-order chi connectivity index (χ0) is 3.41. The fraction of sp³-hybridized carbons (Fsp3) is 0. The summed E-state index contributed by atoms with van der Waals surface area (Å²) in [5.74, 6) is 0. The van der Waals surface area contributed by atoms with Gasteiger partial charge >= 0.3 is 0 Å². The van der Waals surface area contributed by atoms with E-state index in [9.17, 15) is 0 Å². The van der Waals surface area contributed by atoms with Gasteiger partial charge in [0, 0.05) is 38.4 Å². The van der Waals surface area contributed by atoms with Crippen molar-refractivity contribution in [2.24, 2.45) is 0 Å². The summed E-state index contributed by atoms with van der Waals surface area (Å²) in [4.78, 5) is 3.84. The predicted octanol–water partition coefficient (Wildman–Crippen LogP) is 0.383. The molecule has 0 aromatic carbocycles. The Balaban J connectivity index is -0.0000000450. The van der Waals surface area contributed by atoms with E-state index in [0.29, 0.717) is 0 Å². The maximum atomic E-state index is 4.69. The average molecular weight is 348 g/mol. The number of hydrogen-bond donors (Lipinski definition) is 2. The van der Waals surface area contributed by atoms with Crippen LogP contribution in [0.25, 0.3) is 0 Å². The second-order valence-electron chi connectivity index (χ2n) is 0.189. The third-order valence-electron chi connectivity index (χ3n) is 0.0357. The third-order valence-corrected chi connectivity index (χ3v) is 0.321. The summed E-state index contributed by atoms with van der Waals surface area (Å²) in [5.41, 5.74) is 0. The second kappa shape index (κ2) is 15.9. The van der Waals surface area contributed by atoms with E-state index in [1.807, 2.05) is 9.89 Å². The van der Waals surface area contributed by atoms with Gasteiger partial charge in [0.05, 0.1) is 0 Å². The molecule has 0 heterocycles. The predicted molar refractivity (Wildman–Crippen MR) is 18.0 cm³/mol. The molecule has 2 nitrogen and oxygen atoms in total. The van der Waals surface area contributed by atoms with Crippen LogP contribution in [0.2, 0.25) is 0 Å².